The fourth-order valence-electron chi connectivity index (χ4n) is 4.66. The quantitative estimate of drug-likeness (QED) is 0.124. The summed E-state index contributed by atoms with van der Waals surface area (Å²) in [4.78, 5) is 41.5. The summed E-state index contributed by atoms with van der Waals surface area (Å²) in [5.41, 5.74) is 11.4. The van der Waals surface area contributed by atoms with Crippen molar-refractivity contribution in [2.24, 2.45) is 0 Å². The Hall–Kier alpha value is -2.88. The number of thioether (sulfide) groups is 1. The molecule has 8 atom stereocenters. The summed E-state index contributed by atoms with van der Waals surface area (Å²) in [6, 6.07) is 0. The number of rotatable bonds is 8. The molecule has 2 aliphatic rings. The number of anilines is 2. The predicted octanol–water partition coefficient (Wildman–Crippen LogP) is -1.27. The first-order chi connectivity index (χ1) is 19.6. The third-order valence-corrected chi connectivity index (χ3v) is 9.69. The number of ether oxygens (including phenoxy) is 1. The number of H-pyrrole nitrogens is 1. The first-order valence-electron chi connectivity index (χ1n) is 12.0. The van der Waals surface area contributed by atoms with Gasteiger partial charge in [0.05, 0.1) is 25.6 Å². The molecule has 2 aliphatic heterocycles. The molecule has 22 heteroatoms. The zero-order chi connectivity index (χ0) is 29.1. The highest BCUT2D eigenvalue weighted by molar-refractivity contribution is 8.07. The van der Waals surface area contributed by atoms with Crippen LogP contribution in [-0.4, -0.2) is 103 Å². The van der Waals surface area contributed by atoms with Gasteiger partial charge < -0.3 is 40.4 Å². The number of nitrogens with two attached hydrogens (primary N) is 2. The normalized spacial score (nSPS) is 29.9. The van der Waals surface area contributed by atoms with Gasteiger partial charge in [0, 0.05) is 5.25 Å². The highest BCUT2D eigenvalue weighted by Crippen LogP contribution is 2.53. The summed E-state index contributed by atoms with van der Waals surface area (Å²) in [5.74, 6) is -0.0804. The van der Waals surface area contributed by atoms with Crippen LogP contribution in [0.15, 0.2) is 17.4 Å². The molecule has 4 aromatic heterocycles. The van der Waals surface area contributed by atoms with E-state index in [1.54, 1.807) is 4.57 Å². The Morgan fingerprint density at radius 3 is 2.88 bits per heavy atom. The van der Waals surface area contributed by atoms with E-state index in [1.165, 1.54) is 18.1 Å². The average molecular weight is 632 g/mol. The Kier molecular flexibility index (Phi) is 7.41. The number of fused-ring (bicyclic) bond motifs is 2. The zero-order valence-corrected chi connectivity index (χ0v) is 23.2. The smallest absolute Gasteiger partial charge is 0.324 e. The summed E-state index contributed by atoms with van der Waals surface area (Å²) in [5, 5.41) is 27.0. The molecule has 2 saturated heterocycles. The van der Waals surface area contributed by atoms with Crippen molar-refractivity contribution in [1.82, 2.24) is 44.5 Å². The highest BCUT2D eigenvalue weighted by Gasteiger charge is 2.48. The van der Waals surface area contributed by atoms with Gasteiger partial charge in [-0.15, -0.1) is 16.9 Å². The van der Waals surface area contributed by atoms with Gasteiger partial charge in [0.2, 0.25) is 5.95 Å². The minimum Gasteiger partial charge on any atom is -0.395 e. The molecular weight excluding hydrogens is 608 g/mol. The first-order valence-corrected chi connectivity index (χ1v) is 15.5. The van der Waals surface area contributed by atoms with Crippen molar-refractivity contribution in [2.75, 3.05) is 24.7 Å². The minimum absolute atomic E-state index is 0.0368. The Morgan fingerprint density at radius 2 is 2.10 bits per heavy atom. The van der Waals surface area contributed by atoms with Crippen molar-refractivity contribution in [2.45, 2.75) is 47.8 Å². The lowest BCUT2D eigenvalue weighted by Gasteiger charge is -2.26. The van der Waals surface area contributed by atoms with Gasteiger partial charge in [0.25, 0.3) is 5.56 Å². The van der Waals surface area contributed by atoms with Crippen molar-refractivity contribution < 1.29 is 33.3 Å². The number of alkyl halides is 1. The molecule has 6 rings (SSSR count). The second-order valence-corrected chi connectivity index (χ2v) is 13.4. The summed E-state index contributed by atoms with van der Waals surface area (Å²) < 4.78 is 34.6. The van der Waals surface area contributed by atoms with E-state index in [1.807, 2.05) is 0 Å². The van der Waals surface area contributed by atoms with Gasteiger partial charge in [0.15, 0.2) is 40.5 Å². The Balaban J connectivity index is 1.16. The van der Waals surface area contributed by atoms with Crippen LogP contribution in [-0.2, 0) is 25.6 Å². The van der Waals surface area contributed by atoms with Crippen LogP contribution in [0.1, 0.15) is 18.0 Å². The van der Waals surface area contributed by atoms with Gasteiger partial charge in [0.1, 0.15) is 23.9 Å². The van der Waals surface area contributed by atoms with Gasteiger partial charge >= 0.3 is 6.72 Å². The second-order valence-electron chi connectivity index (χ2n) is 9.22. The number of imidazole rings is 1. The molecule has 0 aliphatic carbocycles. The molecule has 4 aromatic rings. The van der Waals surface area contributed by atoms with Gasteiger partial charge in [-0.2, -0.15) is 9.67 Å². The van der Waals surface area contributed by atoms with Crippen molar-refractivity contribution in [3.8, 4) is 0 Å². The van der Waals surface area contributed by atoms with Crippen LogP contribution in [0.3, 0.4) is 0 Å². The molecule has 0 aromatic carbocycles. The lowest BCUT2D eigenvalue weighted by molar-refractivity contribution is -0.0501. The molecule has 8 N–H and O–H groups in total. The van der Waals surface area contributed by atoms with Crippen LogP contribution in [0.2, 0.25) is 0 Å². The molecule has 6 heterocycles. The van der Waals surface area contributed by atoms with Gasteiger partial charge in [-0.25, -0.2) is 19.3 Å². The zero-order valence-electron chi connectivity index (χ0n) is 20.7. The predicted molar refractivity (Wildman–Crippen MR) is 144 cm³/mol. The standard InChI is InChI=1S/C19H23FN11O7PS2/c20-9-12(33)8(37-17(9)31-14-10(28-29-31)13(21)23-4-24-14)3-36-39(35,40)38-7-1-6(2-32)41-18(7)30-5-25-11-15(30)26-19(22)27-16(11)34/h4-9,12,17-18,32-33H,1-3H2,(H,35,40)(H2,21,23,24)(H3,22,26,27,34)/t6-,7+,8+,9-,12+,17+,18+,39?/m0/s1. The van der Waals surface area contributed by atoms with E-state index in [2.05, 4.69) is 35.2 Å². The van der Waals surface area contributed by atoms with Crippen molar-refractivity contribution in [3.63, 3.8) is 0 Å². The van der Waals surface area contributed by atoms with E-state index in [0.29, 0.717) is 0 Å². The summed E-state index contributed by atoms with van der Waals surface area (Å²) in [6.45, 7) is -4.74. The number of aliphatic hydroxyl groups excluding tert-OH is 2. The van der Waals surface area contributed by atoms with E-state index in [4.69, 9.17) is 37.1 Å². The van der Waals surface area contributed by atoms with E-state index in [-0.39, 0.29) is 52.4 Å². The monoisotopic (exact) mass is 631 g/mol. The van der Waals surface area contributed by atoms with Gasteiger partial charge in [-0.05, 0) is 18.2 Å². The number of aromatic nitrogens is 9. The molecular formula is C19H23FN11O7PS2. The topological polar surface area (TPSA) is 260 Å². The number of halogens is 1. The number of hydrogen-bond donors (Lipinski definition) is 6. The van der Waals surface area contributed by atoms with Crippen LogP contribution in [0, 0.1) is 0 Å². The average Bonchev–Trinajstić information content (AvgIpc) is 3.69. The van der Waals surface area contributed by atoms with E-state index < -0.39 is 55.0 Å². The van der Waals surface area contributed by atoms with Crippen LogP contribution in [0.25, 0.3) is 22.3 Å². The maximum absolute atomic E-state index is 15.1. The largest absolute Gasteiger partial charge is 0.395 e. The summed E-state index contributed by atoms with van der Waals surface area (Å²) in [6.07, 6.45) is -4.34. The van der Waals surface area contributed by atoms with E-state index >= 15 is 4.39 Å². The van der Waals surface area contributed by atoms with Crippen molar-refractivity contribution in [1.29, 1.82) is 0 Å². The molecule has 220 valence electrons. The number of nitrogen functional groups attached to an aromatic ring is 2. The summed E-state index contributed by atoms with van der Waals surface area (Å²) >= 11 is 6.51. The van der Waals surface area contributed by atoms with Crippen LogP contribution in [0.5, 0.6) is 0 Å². The first kappa shape index (κ1) is 28.2. The number of hydrogen-bond acceptors (Lipinski definition) is 16. The third kappa shape index (κ3) is 5.17. The number of nitrogens with one attached hydrogen (secondary N) is 1. The fraction of sp³-hybridized carbons (Fsp3) is 0.526. The van der Waals surface area contributed by atoms with Crippen LogP contribution in [0.4, 0.5) is 16.2 Å². The number of aromatic amines is 1. The minimum atomic E-state index is -4.02. The highest BCUT2D eigenvalue weighted by atomic mass is 32.5. The Labute approximate surface area is 237 Å². The third-order valence-electron chi connectivity index (χ3n) is 6.57. The van der Waals surface area contributed by atoms with Gasteiger partial charge in [-0.1, -0.05) is 5.21 Å². The van der Waals surface area contributed by atoms with Gasteiger partial charge in [-0.3, -0.25) is 14.3 Å². The molecule has 18 nitrogen and oxygen atoms in total. The molecule has 0 amide bonds. The SMILES string of the molecule is Nc1nc2c(ncn2[C@@H]2S[C@H](CO)C[C@H]2OP(O)(=S)OC[C@H]2O[C@@H](n3nnc4c(N)ncnc43)[C@@H](F)[C@@H]2O)c(=O)[nH]1. The molecule has 0 saturated carbocycles. The molecule has 2 fully saturated rings. The van der Waals surface area contributed by atoms with Crippen LogP contribution < -0.4 is 17.0 Å². The maximum Gasteiger partial charge on any atom is 0.324 e. The molecule has 41 heavy (non-hydrogen) atoms. The molecule has 0 spiro atoms. The number of aliphatic hydroxyl groups is 2. The lowest BCUT2D eigenvalue weighted by Crippen LogP contribution is -2.31. The fourth-order valence-corrected chi connectivity index (χ4v) is 7.61. The van der Waals surface area contributed by atoms with E-state index in [9.17, 15) is 19.9 Å². The van der Waals surface area contributed by atoms with Crippen LogP contribution >= 0.6 is 18.5 Å². The Bertz CT molecular complexity index is 1710. The molecule has 1 unspecified atom stereocenters. The molecule has 0 radical (unpaired) electrons. The summed E-state index contributed by atoms with van der Waals surface area (Å²) in [7, 11) is 0. The lowest BCUT2D eigenvalue weighted by atomic mass is 10.1. The maximum atomic E-state index is 15.1. The van der Waals surface area contributed by atoms with E-state index in [0.717, 1.165) is 11.0 Å². The second kappa shape index (κ2) is 10.7. The van der Waals surface area contributed by atoms with Crippen molar-refractivity contribution in [3.05, 3.63) is 23.0 Å². The van der Waals surface area contributed by atoms with Crippen molar-refractivity contribution >= 4 is 64.4 Å². The molecule has 0 bridgehead atoms. The number of nitrogens with zero attached hydrogens (tertiary/aromatic N) is 8. The Morgan fingerprint density at radius 1 is 1.29 bits per heavy atom.